The lowest BCUT2D eigenvalue weighted by Gasteiger charge is -2.10. The number of halogens is 1. The molecule has 0 atom stereocenters. The van der Waals surface area contributed by atoms with Gasteiger partial charge >= 0.3 is 0 Å². The highest BCUT2D eigenvalue weighted by molar-refractivity contribution is 6.31. The Labute approximate surface area is 155 Å². The zero-order valence-electron chi connectivity index (χ0n) is 15.0. The summed E-state index contributed by atoms with van der Waals surface area (Å²) in [5.74, 6) is 0.641. The van der Waals surface area contributed by atoms with Gasteiger partial charge in [0, 0.05) is 16.3 Å². The Morgan fingerprint density at radius 1 is 1.04 bits per heavy atom. The van der Waals surface area contributed by atoms with Crippen molar-refractivity contribution in [3.05, 3.63) is 58.6 Å². The van der Waals surface area contributed by atoms with Crippen molar-refractivity contribution in [3.8, 4) is 5.75 Å². The number of aryl methyl sites for hydroxylation is 1. The quantitative estimate of drug-likeness (QED) is 0.537. The van der Waals surface area contributed by atoms with E-state index in [0.29, 0.717) is 10.6 Å². The molecule has 0 radical (unpaired) electrons. The van der Waals surface area contributed by atoms with Crippen LogP contribution in [0.25, 0.3) is 0 Å². The molecule has 3 nitrogen and oxygen atoms in total. The number of hydrogen-bond donors (Lipinski definition) is 1. The van der Waals surface area contributed by atoms with E-state index in [9.17, 15) is 4.79 Å². The molecule has 0 bridgehead atoms. The molecule has 1 N–H and O–H groups in total. The van der Waals surface area contributed by atoms with Crippen molar-refractivity contribution in [3.63, 3.8) is 0 Å². The number of ether oxygens (including phenoxy) is 1. The lowest BCUT2D eigenvalue weighted by atomic mass is 10.1. The number of amides is 1. The summed E-state index contributed by atoms with van der Waals surface area (Å²) >= 11 is 5.99. The molecule has 0 aliphatic carbocycles. The van der Waals surface area contributed by atoms with Crippen molar-refractivity contribution < 1.29 is 9.53 Å². The first-order valence-corrected chi connectivity index (χ1v) is 9.28. The summed E-state index contributed by atoms with van der Waals surface area (Å²) in [6.45, 7) is 4.86. The number of rotatable bonds is 9. The molecular formula is C21H26ClNO2. The van der Waals surface area contributed by atoms with Crippen LogP contribution in [0.15, 0.2) is 42.5 Å². The van der Waals surface area contributed by atoms with Crippen LogP contribution in [-0.4, -0.2) is 12.5 Å². The number of carbonyl (C=O) groups excluding carboxylic acids is 1. The Kier molecular flexibility index (Phi) is 7.80. The van der Waals surface area contributed by atoms with Crippen molar-refractivity contribution in [1.82, 2.24) is 0 Å². The highest BCUT2D eigenvalue weighted by atomic mass is 35.5. The van der Waals surface area contributed by atoms with E-state index >= 15 is 0 Å². The van der Waals surface area contributed by atoms with Crippen LogP contribution in [0, 0.1) is 6.92 Å². The number of benzene rings is 2. The van der Waals surface area contributed by atoms with Crippen LogP contribution in [0.2, 0.25) is 5.02 Å². The second-order valence-electron chi connectivity index (χ2n) is 6.20. The summed E-state index contributed by atoms with van der Waals surface area (Å²) < 4.78 is 5.72. The highest BCUT2D eigenvalue weighted by Gasteiger charge is 2.08. The standard InChI is InChI=1S/C21H26ClNO2/c1-3-4-5-6-7-14-25-19-12-9-17(10-13-19)21(24)23-20-15-18(22)11-8-16(20)2/h8-13,15H,3-7,14H2,1-2H3,(H,23,24). The molecule has 0 aliphatic rings. The van der Waals surface area contributed by atoms with Gasteiger partial charge in [-0.15, -0.1) is 0 Å². The van der Waals surface area contributed by atoms with Crippen LogP contribution in [0.1, 0.15) is 54.9 Å². The molecule has 0 spiro atoms. The van der Waals surface area contributed by atoms with Crippen LogP contribution in [0.3, 0.4) is 0 Å². The first-order chi connectivity index (χ1) is 12.1. The molecule has 0 unspecified atom stereocenters. The average molecular weight is 360 g/mol. The predicted octanol–water partition coefficient (Wildman–Crippen LogP) is 6.25. The third-order valence-corrected chi connectivity index (χ3v) is 4.32. The zero-order valence-corrected chi connectivity index (χ0v) is 15.7. The summed E-state index contributed by atoms with van der Waals surface area (Å²) in [5.41, 5.74) is 2.29. The fourth-order valence-corrected chi connectivity index (χ4v) is 2.69. The first-order valence-electron chi connectivity index (χ1n) is 8.90. The van der Waals surface area contributed by atoms with Gasteiger partial charge in [0.2, 0.25) is 0 Å². The van der Waals surface area contributed by atoms with Gasteiger partial charge in [-0.25, -0.2) is 0 Å². The molecule has 4 heteroatoms. The Morgan fingerprint density at radius 3 is 2.48 bits per heavy atom. The molecule has 0 saturated heterocycles. The molecule has 2 aromatic carbocycles. The Balaban J connectivity index is 1.84. The first kappa shape index (κ1) is 19.3. The normalized spacial score (nSPS) is 10.5. The number of hydrogen-bond acceptors (Lipinski definition) is 2. The number of carbonyl (C=O) groups is 1. The fraction of sp³-hybridized carbons (Fsp3) is 0.381. The third-order valence-electron chi connectivity index (χ3n) is 4.08. The molecule has 2 rings (SSSR count). The van der Waals surface area contributed by atoms with E-state index in [0.717, 1.165) is 30.0 Å². The van der Waals surface area contributed by atoms with Gasteiger partial charge in [0.05, 0.1) is 6.61 Å². The van der Waals surface area contributed by atoms with Crippen molar-refractivity contribution >= 4 is 23.2 Å². The minimum atomic E-state index is -0.156. The van der Waals surface area contributed by atoms with E-state index in [-0.39, 0.29) is 5.91 Å². The number of unbranched alkanes of at least 4 members (excludes halogenated alkanes) is 4. The average Bonchev–Trinajstić information content (AvgIpc) is 2.61. The molecule has 25 heavy (non-hydrogen) atoms. The lowest BCUT2D eigenvalue weighted by Crippen LogP contribution is -2.12. The second kappa shape index (κ2) is 10.1. The number of nitrogens with one attached hydrogen (secondary N) is 1. The maximum absolute atomic E-state index is 12.4. The van der Waals surface area contributed by atoms with Gasteiger partial charge in [-0.3, -0.25) is 4.79 Å². The smallest absolute Gasteiger partial charge is 0.255 e. The van der Waals surface area contributed by atoms with Crippen LogP contribution in [-0.2, 0) is 0 Å². The molecular weight excluding hydrogens is 334 g/mol. The van der Waals surface area contributed by atoms with Gasteiger partial charge in [0.25, 0.3) is 5.91 Å². The molecule has 134 valence electrons. The molecule has 0 aliphatic heterocycles. The minimum Gasteiger partial charge on any atom is -0.494 e. The minimum absolute atomic E-state index is 0.156. The van der Waals surface area contributed by atoms with Gasteiger partial charge in [-0.1, -0.05) is 50.3 Å². The maximum Gasteiger partial charge on any atom is 0.255 e. The summed E-state index contributed by atoms with van der Waals surface area (Å²) in [6.07, 6.45) is 6.07. The van der Waals surface area contributed by atoms with E-state index in [1.807, 2.05) is 25.1 Å². The number of anilines is 1. The van der Waals surface area contributed by atoms with Crippen LogP contribution in [0.5, 0.6) is 5.75 Å². The maximum atomic E-state index is 12.4. The van der Waals surface area contributed by atoms with Crippen molar-refractivity contribution in [1.29, 1.82) is 0 Å². The van der Waals surface area contributed by atoms with E-state index in [1.165, 1.54) is 25.7 Å². The van der Waals surface area contributed by atoms with Crippen LogP contribution in [0.4, 0.5) is 5.69 Å². The SMILES string of the molecule is CCCCCCCOc1ccc(C(=O)Nc2cc(Cl)ccc2C)cc1. The van der Waals surface area contributed by atoms with E-state index < -0.39 is 0 Å². The third kappa shape index (κ3) is 6.43. The second-order valence-corrected chi connectivity index (χ2v) is 6.64. The molecule has 1 amide bonds. The predicted molar refractivity (Wildman–Crippen MR) is 105 cm³/mol. The van der Waals surface area contributed by atoms with Gasteiger partial charge in [0.15, 0.2) is 0 Å². The molecule has 0 heterocycles. The van der Waals surface area contributed by atoms with Crippen molar-refractivity contribution in [2.24, 2.45) is 0 Å². The summed E-state index contributed by atoms with van der Waals surface area (Å²) in [5, 5.41) is 3.49. The van der Waals surface area contributed by atoms with Gasteiger partial charge in [0.1, 0.15) is 5.75 Å². The molecule has 0 fully saturated rings. The Morgan fingerprint density at radius 2 is 1.76 bits per heavy atom. The monoisotopic (exact) mass is 359 g/mol. The van der Waals surface area contributed by atoms with Gasteiger partial charge in [-0.05, 0) is 55.3 Å². The van der Waals surface area contributed by atoms with E-state index in [2.05, 4.69) is 12.2 Å². The van der Waals surface area contributed by atoms with Gasteiger partial charge in [-0.2, -0.15) is 0 Å². The van der Waals surface area contributed by atoms with Gasteiger partial charge < -0.3 is 10.1 Å². The molecule has 2 aromatic rings. The molecule has 0 saturated carbocycles. The fourth-order valence-electron chi connectivity index (χ4n) is 2.52. The van der Waals surface area contributed by atoms with Crippen LogP contribution < -0.4 is 10.1 Å². The molecule has 0 aromatic heterocycles. The highest BCUT2D eigenvalue weighted by Crippen LogP contribution is 2.21. The Hall–Kier alpha value is -2.00. The van der Waals surface area contributed by atoms with Crippen LogP contribution >= 0.6 is 11.6 Å². The van der Waals surface area contributed by atoms with Crippen molar-refractivity contribution in [2.75, 3.05) is 11.9 Å². The summed E-state index contributed by atoms with van der Waals surface area (Å²) in [7, 11) is 0. The lowest BCUT2D eigenvalue weighted by molar-refractivity contribution is 0.102. The van der Waals surface area contributed by atoms with Crippen molar-refractivity contribution in [2.45, 2.75) is 46.0 Å². The topological polar surface area (TPSA) is 38.3 Å². The largest absolute Gasteiger partial charge is 0.494 e. The van der Waals surface area contributed by atoms with E-state index in [1.54, 1.807) is 24.3 Å². The Bertz CT molecular complexity index is 683. The summed E-state index contributed by atoms with van der Waals surface area (Å²) in [6, 6.07) is 12.7. The van der Waals surface area contributed by atoms with E-state index in [4.69, 9.17) is 16.3 Å². The summed E-state index contributed by atoms with van der Waals surface area (Å²) in [4.78, 5) is 12.4. The zero-order chi connectivity index (χ0) is 18.1.